The van der Waals surface area contributed by atoms with Crippen LogP contribution in [0.25, 0.3) is 0 Å². The Kier molecular flexibility index (Phi) is 2.20. The summed E-state index contributed by atoms with van der Waals surface area (Å²) in [4.78, 5) is 13.8. The fourth-order valence-electron chi connectivity index (χ4n) is 3.19. The second-order valence-electron chi connectivity index (χ2n) is 4.93. The van der Waals surface area contributed by atoms with Crippen molar-refractivity contribution in [3.8, 4) is 0 Å². The van der Waals surface area contributed by atoms with Gasteiger partial charge in [0, 0.05) is 15.9 Å². The van der Waals surface area contributed by atoms with Gasteiger partial charge in [0.2, 0.25) is 0 Å². The van der Waals surface area contributed by atoms with Crippen LogP contribution in [-0.2, 0) is 6.42 Å². The summed E-state index contributed by atoms with van der Waals surface area (Å²) in [6.07, 6.45) is 8.36. The zero-order valence-electron chi connectivity index (χ0n) is 8.92. The van der Waals surface area contributed by atoms with Crippen LogP contribution < -0.4 is 0 Å². The fraction of sp³-hybridized carbons (Fsp3) is 0.615. The molecule has 1 spiro atoms. The van der Waals surface area contributed by atoms with E-state index in [0.29, 0.717) is 5.78 Å². The second-order valence-corrected chi connectivity index (χ2v) is 5.93. The Bertz CT molecular complexity index is 385. The number of hydrogen-bond donors (Lipinski definition) is 0. The molecule has 0 aliphatic heterocycles. The van der Waals surface area contributed by atoms with Crippen molar-refractivity contribution in [2.75, 3.05) is 0 Å². The molecule has 80 valence electrons. The molecular weight excluding hydrogens is 204 g/mol. The third kappa shape index (κ3) is 1.38. The highest BCUT2D eigenvalue weighted by atomic mass is 32.1. The van der Waals surface area contributed by atoms with E-state index in [1.807, 2.05) is 6.07 Å². The molecule has 1 saturated carbocycles. The summed E-state index contributed by atoms with van der Waals surface area (Å²) >= 11 is 1.76. The molecule has 2 heteroatoms. The zero-order valence-corrected chi connectivity index (χ0v) is 9.74. The number of fused-ring (bicyclic) bond motifs is 1. The minimum Gasteiger partial charge on any atom is -0.294 e. The SMILES string of the molecule is O=C1c2ccsc2CCC12CCCCC2. The molecular formula is C13H16OS. The van der Waals surface area contributed by atoms with Crippen LogP contribution >= 0.6 is 11.3 Å². The third-order valence-corrected chi connectivity index (χ3v) is 5.09. The van der Waals surface area contributed by atoms with Gasteiger partial charge in [0.05, 0.1) is 0 Å². The smallest absolute Gasteiger partial charge is 0.170 e. The molecule has 0 unspecified atom stereocenters. The van der Waals surface area contributed by atoms with Gasteiger partial charge in [-0.15, -0.1) is 11.3 Å². The van der Waals surface area contributed by atoms with Crippen LogP contribution in [-0.4, -0.2) is 5.78 Å². The maximum Gasteiger partial charge on any atom is 0.170 e. The zero-order chi connectivity index (χ0) is 10.3. The van der Waals surface area contributed by atoms with Crippen molar-refractivity contribution in [1.82, 2.24) is 0 Å². The summed E-state index contributed by atoms with van der Waals surface area (Å²) in [5.41, 5.74) is 1.10. The standard InChI is InChI=1S/C13H16OS/c14-12-10-5-9-15-11(10)4-8-13(12)6-2-1-3-7-13/h5,9H,1-4,6-8H2. The molecule has 1 heterocycles. The van der Waals surface area contributed by atoms with Crippen molar-refractivity contribution in [2.45, 2.75) is 44.9 Å². The van der Waals surface area contributed by atoms with E-state index in [2.05, 4.69) is 5.38 Å². The number of Topliss-reactive ketones (excluding diaryl/α,β-unsaturated/α-hetero) is 1. The summed E-state index contributed by atoms with van der Waals surface area (Å²) in [6.45, 7) is 0. The normalized spacial score (nSPS) is 24.1. The van der Waals surface area contributed by atoms with Gasteiger partial charge in [-0.1, -0.05) is 19.3 Å². The van der Waals surface area contributed by atoms with Crippen LogP contribution in [0, 0.1) is 5.41 Å². The Morgan fingerprint density at radius 3 is 2.73 bits per heavy atom. The van der Waals surface area contributed by atoms with E-state index in [1.54, 1.807) is 11.3 Å². The number of thiophene rings is 1. The van der Waals surface area contributed by atoms with Gasteiger partial charge in [-0.2, -0.15) is 0 Å². The van der Waals surface area contributed by atoms with Gasteiger partial charge in [-0.3, -0.25) is 4.79 Å². The van der Waals surface area contributed by atoms with Crippen LogP contribution in [0.15, 0.2) is 11.4 Å². The van der Waals surface area contributed by atoms with Gasteiger partial charge in [0.25, 0.3) is 0 Å². The lowest BCUT2D eigenvalue weighted by molar-refractivity contribution is 0.0671. The Labute approximate surface area is 94.5 Å². The Balaban J connectivity index is 1.98. The predicted octanol–water partition coefficient (Wildman–Crippen LogP) is 3.83. The maximum atomic E-state index is 12.5. The first-order chi connectivity index (χ1) is 7.32. The number of carbonyl (C=O) groups excluding carboxylic acids is 1. The van der Waals surface area contributed by atoms with Crippen molar-refractivity contribution < 1.29 is 4.79 Å². The first-order valence-corrected chi connectivity index (χ1v) is 6.81. The number of carbonyl (C=O) groups is 1. The van der Waals surface area contributed by atoms with Crippen LogP contribution in [0.4, 0.5) is 0 Å². The average Bonchev–Trinajstić information content (AvgIpc) is 2.74. The third-order valence-electron chi connectivity index (χ3n) is 4.11. The topological polar surface area (TPSA) is 17.1 Å². The van der Waals surface area contributed by atoms with E-state index in [-0.39, 0.29) is 5.41 Å². The van der Waals surface area contributed by atoms with Crippen LogP contribution in [0.3, 0.4) is 0 Å². The largest absolute Gasteiger partial charge is 0.294 e. The highest BCUT2D eigenvalue weighted by Gasteiger charge is 2.43. The molecule has 15 heavy (non-hydrogen) atoms. The Hall–Kier alpha value is -0.630. The van der Waals surface area contributed by atoms with Crippen LogP contribution in [0.1, 0.15) is 53.8 Å². The lowest BCUT2D eigenvalue weighted by Gasteiger charge is -2.38. The Morgan fingerprint density at radius 2 is 1.93 bits per heavy atom. The van der Waals surface area contributed by atoms with Gasteiger partial charge >= 0.3 is 0 Å². The lowest BCUT2D eigenvalue weighted by atomic mass is 9.64. The molecule has 0 radical (unpaired) electrons. The number of rotatable bonds is 0. The van der Waals surface area contributed by atoms with E-state index in [4.69, 9.17) is 0 Å². The van der Waals surface area contributed by atoms with Crippen molar-refractivity contribution in [2.24, 2.45) is 5.41 Å². The fourth-order valence-corrected chi connectivity index (χ4v) is 4.07. The molecule has 3 rings (SSSR count). The van der Waals surface area contributed by atoms with Crippen molar-refractivity contribution in [1.29, 1.82) is 0 Å². The molecule has 2 aliphatic carbocycles. The quantitative estimate of drug-likeness (QED) is 0.649. The van der Waals surface area contributed by atoms with Gasteiger partial charge in [-0.05, 0) is 37.1 Å². The van der Waals surface area contributed by atoms with Gasteiger partial charge < -0.3 is 0 Å². The first-order valence-electron chi connectivity index (χ1n) is 5.93. The predicted molar refractivity (Wildman–Crippen MR) is 62.5 cm³/mol. The summed E-state index contributed by atoms with van der Waals surface area (Å²) in [6, 6.07) is 2.04. The second kappa shape index (κ2) is 3.44. The molecule has 0 saturated heterocycles. The average molecular weight is 220 g/mol. The maximum absolute atomic E-state index is 12.5. The van der Waals surface area contributed by atoms with E-state index in [9.17, 15) is 4.79 Å². The molecule has 1 aromatic heterocycles. The molecule has 1 fully saturated rings. The molecule has 1 nitrogen and oxygen atoms in total. The molecule has 0 bridgehead atoms. The Morgan fingerprint density at radius 1 is 1.13 bits per heavy atom. The van der Waals surface area contributed by atoms with E-state index < -0.39 is 0 Å². The van der Waals surface area contributed by atoms with Crippen molar-refractivity contribution in [3.05, 3.63) is 21.9 Å². The van der Waals surface area contributed by atoms with Gasteiger partial charge in [-0.25, -0.2) is 0 Å². The first kappa shape index (κ1) is 9.59. The van der Waals surface area contributed by atoms with Crippen LogP contribution in [0.5, 0.6) is 0 Å². The lowest BCUT2D eigenvalue weighted by Crippen LogP contribution is -2.37. The molecule has 0 atom stereocenters. The monoisotopic (exact) mass is 220 g/mol. The van der Waals surface area contributed by atoms with E-state index >= 15 is 0 Å². The number of aryl methyl sites for hydroxylation is 1. The molecule has 1 aromatic rings. The van der Waals surface area contributed by atoms with Gasteiger partial charge in [0.1, 0.15) is 0 Å². The molecule has 2 aliphatic rings. The summed E-state index contributed by atoms with van der Waals surface area (Å²) < 4.78 is 0. The molecule has 0 aromatic carbocycles. The highest BCUT2D eigenvalue weighted by molar-refractivity contribution is 7.10. The summed E-state index contributed by atoms with van der Waals surface area (Å²) in [7, 11) is 0. The van der Waals surface area contributed by atoms with Crippen molar-refractivity contribution >= 4 is 17.1 Å². The number of hydrogen-bond acceptors (Lipinski definition) is 2. The molecule has 0 N–H and O–H groups in total. The number of ketones is 1. The van der Waals surface area contributed by atoms with Crippen molar-refractivity contribution in [3.63, 3.8) is 0 Å². The minimum absolute atomic E-state index is 0.0479. The highest BCUT2D eigenvalue weighted by Crippen LogP contribution is 2.47. The van der Waals surface area contributed by atoms with E-state index in [0.717, 1.165) is 31.2 Å². The van der Waals surface area contributed by atoms with E-state index in [1.165, 1.54) is 24.1 Å². The minimum atomic E-state index is 0.0479. The summed E-state index contributed by atoms with van der Waals surface area (Å²) in [5.74, 6) is 0.463. The van der Waals surface area contributed by atoms with Crippen LogP contribution in [0.2, 0.25) is 0 Å². The molecule has 0 amide bonds. The van der Waals surface area contributed by atoms with Gasteiger partial charge in [0.15, 0.2) is 5.78 Å². The summed E-state index contributed by atoms with van der Waals surface area (Å²) in [5, 5.41) is 2.07.